The molecule has 1 fully saturated rings. The SMILES string of the molecule is CC(=O)N(CC(=O)N1CCN(c2ccc(F)cc2)CC1)c1ccccc1C#N. The first-order chi connectivity index (χ1) is 13.5. The summed E-state index contributed by atoms with van der Waals surface area (Å²) >= 11 is 0. The number of benzene rings is 2. The molecule has 6 nitrogen and oxygen atoms in total. The first-order valence-electron chi connectivity index (χ1n) is 9.05. The second-order valence-electron chi connectivity index (χ2n) is 6.58. The van der Waals surface area contributed by atoms with E-state index in [-0.39, 0.29) is 24.2 Å². The third kappa shape index (κ3) is 4.29. The lowest BCUT2D eigenvalue weighted by Crippen LogP contribution is -2.52. The van der Waals surface area contributed by atoms with Crippen LogP contribution in [-0.4, -0.2) is 49.4 Å². The number of piperazine rings is 1. The molecule has 144 valence electrons. The van der Waals surface area contributed by atoms with Crippen molar-refractivity contribution in [2.45, 2.75) is 6.92 Å². The molecule has 3 rings (SSSR count). The first-order valence-corrected chi connectivity index (χ1v) is 9.05. The van der Waals surface area contributed by atoms with Gasteiger partial charge in [0.2, 0.25) is 11.8 Å². The maximum Gasteiger partial charge on any atom is 0.242 e. The number of para-hydroxylation sites is 1. The summed E-state index contributed by atoms with van der Waals surface area (Å²) < 4.78 is 13.1. The Morgan fingerprint density at radius 2 is 1.71 bits per heavy atom. The van der Waals surface area contributed by atoms with Gasteiger partial charge in [0.1, 0.15) is 18.4 Å². The molecule has 0 N–H and O–H groups in total. The van der Waals surface area contributed by atoms with Crippen LogP contribution in [-0.2, 0) is 9.59 Å². The predicted molar refractivity (Wildman–Crippen MR) is 104 cm³/mol. The minimum atomic E-state index is -0.291. The molecule has 0 unspecified atom stereocenters. The van der Waals surface area contributed by atoms with Crippen LogP contribution in [0, 0.1) is 17.1 Å². The van der Waals surface area contributed by atoms with E-state index in [0.29, 0.717) is 37.4 Å². The number of nitriles is 1. The van der Waals surface area contributed by atoms with Gasteiger partial charge in [-0.05, 0) is 36.4 Å². The molecule has 0 saturated carbocycles. The van der Waals surface area contributed by atoms with Crippen LogP contribution in [0.5, 0.6) is 0 Å². The van der Waals surface area contributed by atoms with Gasteiger partial charge in [-0.3, -0.25) is 9.59 Å². The lowest BCUT2D eigenvalue weighted by Gasteiger charge is -2.37. The van der Waals surface area contributed by atoms with Crippen LogP contribution in [0.2, 0.25) is 0 Å². The molecule has 2 aromatic rings. The lowest BCUT2D eigenvalue weighted by molar-refractivity contribution is -0.131. The molecule has 0 atom stereocenters. The summed E-state index contributed by atoms with van der Waals surface area (Å²) in [7, 11) is 0. The fourth-order valence-electron chi connectivity index (χ4n) is 3.27. The average Bonchev–Trinajstić information content (AvgIpc) is 2.72. The normalized spacial score (nSPS) is 13.8. The number of carbonyl (C=O) groups is 2. The summed E-state index contributed by atoms with van der Waals surface area (Å²) in [5.74, 6) is -0.734. The summed E-state index contributed by atoms with van der Waals surface area (Å²) in [6, 6.07) is 15.1. The van der Waals surface area contributed by atoms with Gasteiger partial charge in [-0.25, -0.2) is 4.39 Å². The highest BCUT2D eigenvalue weighted by Crippen LogP contribution is 2.21. The van der Waals surface area contributed by atoms with Crippen LogP contribution in [0.4, 0.5) is 15.8 Å². The smallest absolute Gasteiger partial charge is 0.242 e. The third-order valence-corrected chi connectivity index (χ3v) is 4.81. The van der Waals surface area contributed by atoms with Gasteiger partial charge < -0.3 is 14.7 Å². The molecule has 0 aliphatic carbocycles. The van der Waals surface area contributed by atoms with Crippen LogP contribution in [0.1, 0.15) is 12.5 Å². The molecule has 0 aromatic heterocycles. The summed E-state index contributed by atoms with van der Waals surface area (Å²) in [5, 5.41) is 9.27. The van der Waals surface area contributed by atoms with Gasteiger partial charge in [-0.15, -0.1) is 0 Å². The zero-order valence-corrected chi connectivity index (χ0v) is 15.6. The second-order valence-corrected chi connectivity index (χ2v) is 6.58. The maximum absolute atomic E-state index is 13.1. The second kappa shape index (κ2) is 8.53. The molecule has 2 amide bonds. The quantitative estimate of drug-likeness (QED) is 0.817. The standard InChI is InChI=1S/C21H21FN4O2/c1-16(27)26(20-5-3-2-4-17(20)14-23)15-21(28)25-12-10-24(11-13-25)19-8-6-18(22)7-9-19/h2-9H,10-13,15H2,1H3. The van der Waals surface area contributed by atoms with Crippen molar-refractivity contribution < 1.29 is 14.0 Å². The number of hydrogen-bond donors (Lipinski definition) is 0. The Morgan fingerprint density at radius 1 is 1.07 bits per heavy atom. The fourth-order valence-corrected chi connectivity index (χ4v) is 3.27. The third-order valence-electron chi connectivity index (χ3n) is 4.81. The molecule has 0 radical (unpaired) electrons. The topological polar surface area (TPSA) is 67.7 Å². The molecular formula is C21H21FN4O2. The van der Waals surface area contributed by atoms with E-state index in [2.05, 4.69) is 11.0 Å². The Balaban J connectivity index is 1.65. The Kier molecular flexibility index (Phi) is 5.90. The van der Waals surface area contributed by atoms with Crippen molar-refractivity contribution in [3.63, 3.8) is 0 Å². The zero-order valence-electron chi connectivity index (χ0n) is 15.6. The van der Waals surface area contributed by atoms with E-state index in [1.807, 2.05) is 0 Å². The van der Waals surface area contributed by atoms with Gasteiger partial charge in [-0.2, -0.15) is 5.26 Å². The van der Waals surface area contributed by atoms with Crippen LogP contribution in [0.25, 0.3) is 0 Å². The summed E-state index contributed by atoms with van der Waals surface area (Å²) in [6.07, 6.45) is 0. The van der Waals surface area contributed by atoms with E-state index >= 15 is 0 Å². The van der Waals surface area contributed by atoms with Crippen molar-refractivity contribution in [3.8, 4) is 6.07 Å². The maximum atomic E-state index is 13.1. The molecular weight excluding hydrogens is 359 g/mol. The van der Waals surface area contributed by atoms with Crippen LogP contribution in [0.3, 0.4) is 0 Å². The molecule has 2 aromatic carbocycles. The minimum Gasteiger partial charge on any atom is -0.368 e. The molecule has 28 heavy (non-hydrogen) atoms. The highest BCUT2D eigenvalue weighted by atomic mass is 19.1. The Labute approximate surface area is 163 Å². The molecule has 1 aliphatic rings. The highest BCUT2D eigenvalue weighted by Gasteiger charge is 2.25. The van der Waals surface area contributed by atoms with Crippen LogP contribution < -0.4 is 9.80 Å². The van der Waals surface area contributed by atoms with E-state index < -0.39 is 0 Å². The number of hydrogen-bond acceptors (Lipinski definition) is 4. The summed E-state index contributed by atoms with van der Waals surface area (Å²) in [6.45, 7) is 3.57. The van der Waals surface area contributed by atoms with Crippen LogP contribution >= 0.6 is 0 Å². The Bertz CT molecular complexity index is 899. The summed E-state index contributed by atoms with van der Waals surface area (Å²) in [4.78, 5) is 30.0. The number of halogens is 1. The molecule has 0 spiro atoms. The predicted octanol–water partition coefficient (Wildman–Crippen LogP) is 2.40. The van der Waals surface area contributed by atoms with E-state index in [1.54, 1.807) is 41.3 Å². The Morgan fingerprint density at radius 3 is 2.32 bits per heavy atom. The first kappa shape index (κ1) is 19.4. The Hall–Kier alpha value is -3.40. The lowest BCUT2D eigenvalue weighted by atomic mass is 10.1. The van der Waals surface area contributed by atoms with Gasteiger partial charge in [-0.1, -0.05) is 12.1 Å². The average molecular weight is 380 g/mol. The van der Waals surface area contributed by atoms with E-state index in [9.17, 15) is 19.2 Å². The fraction of sp³-hybridized carbons (Fsp3) is 0.286. The van der Waals surface area contributed by atoms with Crippen molar-refractivity contribution in [1.82, 2.24) is 4.90 Å². The van der Waals surface area contributed by atoms with E-state index in [0.717, 1.165) is 5.69 Å². The largest absolute Gasteiger partial charge is 0.368 e. The van der Waals surface area contributed by atoms with Gasteiger partial charge in [0, 0.05) is 38.8 Å². The highest BCUT2D eigenvalue weighted by molar-refractivity contribution is 5.98. The van der Waals surface area contributed by atoms with Crippen molar-refractivity contribution in [2.24, 2.45) is 0 Å². The van der Waals surface area contributed by atoms with Crippen molar-refractivity contribution in [1.29, 1.82) is 5.26 Å². The van der Waals surface area contributed by atoms with E-state index in [4.69, 9.17) is 0 Å². The molecule has 1 aliphatic heterocycles. The van der Waals surface area contributed by atoms with Crippen LogP contribution in [0.15, 0.2) is 48.5 Å². The molecule has 1 saturated heterocycles. The van der Waals surface area contributed by atoms with Crippen molar-refractivity contribution in [2.75, 3.05) is 42.5 Å². The molecule has 7 heteroatoms. The number of nitrogens with zero attached hydrogens (tertiary/aromatic N) is 4. The van der Waals surface area contributed by atoms with Gasteiger partial charge >= 0.3 is 0 Å². The molecule has 0 bridgehead atoms. The van der Waals surface area contributed by atoms with Crippen molar-refractivity contribution in [3.05, 3.63) is 59.9 Å². The number of rotatable bonds is 4. The minimum absolute atomic E-state index is 0.107. The monoisotopic (exact) mass is 380 g/mol. The summed E-state index contributed by atoms with van der Waals surface area (Å²) in [5.41, 5.74) is 1.71. The van der Waals surface area contributed by atoms with Crippen molar-refractivity contribution >= 4 is 23.2 Å². The number of amides is 2. The molecule has 1 heterocycles. The zero-order chi connectivity index (χ0) is 20.1. The van der Waals surface area contributed by atoms with Gasteiger partial charge in [0.25, 0.3) is 0 Å². The van der Waals surface area contributed by atoms with Gasteiger partial charge in [0.15, 0.2) is 0 Å². The number of carbonyl (C=O) groups excluding carboxylic acids is 2. The van der Waals surface area contributed by atoms with Gasteiger partial charge in [0.05, 0.1) is 11.3 Å². The van der Waals surface area contributed by atoms with E-state index in [1.165, 1.54) is 24.0 Å². The number of anilines is 2.